The first-order chi connectivity index (χ1) is 9.81. The van der Waals surface area contributed by atoms with E-state index < -0.39 is 0 Å². The minimum Gasteiger partial charge on any atom is -0.381 e. The average Bonchev–Trinajstić information content (AvgIpc) is 3.11. The summed E-state index contributed by atoms with van der Waals surface area (Å²) >= 11 is 5.91. The van der Waals surface area contributed by atoms with E-state index in [9.17, 15) is 0 Å². The van der Waals surface area contributed by atoms with Gasteiger partial charge in [0.1, 0.15) is 0 Å². The molecule has 0 aliphatic carbocycles. The molecule has 0 bridgehead atoms. The zero-order valence-corrected chi connectivity index (χ0v) is 11.6. The molecule has 3 heterocycles. The summed E-state index contributed by atoms with van der Waals surface area (Å²) in [6.45, 7) is 2.50. The molecule has 0 saturated carbocycles. The van der Waals surface area contributed by atoms with Gasteiger partial charge in [-0.05, 0) is 36.4 Å². The highest BCUT2D eigenvalue weighted by Crippen LogP contribution is 2.16. The number of aromatic nitrogens is 5. The fourth-order valence-electron chi connectivity index (χ4n) is 2.11. The standard InChI is InChI=1S/C12H15ClN6O/c13-10-16-11(14-5-2-9-3-7-20-8-9)18-12(17-10)19-6-1-4-15-19/h1,4,6,9H,2-3,5,7-8H2,(H,14,16,17,18). The van der Waals surface area contributed by atoms with Crippen molar-refractivity contribution in [2.24, 2.45) is 5.92 Å². The van der Waals surface area contributed by atoms with Crippen LogP contribution in [0.25, 0.3) is 5.95 Å². The normalized spacial score (nSPS) is 18.4. The second-order valence-corrected chi connectivity index (χ2v) is 4.96. The number of hydrogen-bond donors (Lipinski definition) is 1. The number of nitrogens with zero attached hydrogens (tertiary/aromatic N) is 5. The smallest absolute Gasteiger partial charge is 0.256 e. The first-order valence-corrected chi connectivity index (χ1v) is 6.92. The number of ether oxygens (including phenoxy) is 1. The monoisotopic (exact) mass is 294 g/mol. The van der Waals surface area contributed by atoms with Crippen LogP contribution in [0.15, 0.2) is 18.5 Å². The number of anilines is 1. The summed E-state index contributed by atoms with van der Waals surface area (Å²) in [5.41, 5.74) is 0. The van der Waals surface area contributed by atoms with Crippen molar-refractivity contribution in [2.75, 3.05) is 25.1 Å². The lowest BCUT2D eigenvalue weighted by Crippen LogP contribution is -2.13. The summed E-state index contributed by atoms with van der Waals surface area (Å²) in [5.74, 6) is 1.49. The molecule has 1 saturated heterocycles. The molecule has 0 spiro atoms. The third-order valence-electron chi connectivity index (χ3n) is 3.17. The van der Waals surface area contributed by atoms with Crippen molar-refractivity contribution in [1.82, 2.24) is 24.7 Å². The molecule has 1 aliphatic rings. The van der Waals surface area contributed by atoms with E-state index in [4.69, 9.17) is 16.3 Å². The van der Waals surface area contributed by atoms with Gasteiger partial charge in [0.05, 0.1) is 0 Å². The van der Waals surface area contributed by atoms with Crippen LogP contribution in [0, 0.1) is 5.92 Å². The van der Waals surface area contributed by atoms with E-state index in [1.807, 2.05) is 0 Å². The molecule has 2 aromatic rings. The third-order valence-corrected chi connectivity index (χ3v) is 3.33. The Hall–Kier alpha value is -1.73. The summed E-state index contributed by atoms with van der Waals surface area (Å²) in [7, 11) is 0. The van der Waals surface area contributed by atoms with E-state index in [1.54, 1.807) is 23.1 Å². The molecule has 7 nitrogen and oxygen atoms in total. The van der Waals surface area contributed by atoms with Crippen LogP contribution >= 0.6 is 11.6 Å². The molecule has 20 heavy (non-hydrogen) atoms. The van der Waals surface area contributed by atoms with E-state index in [0.717, 1.165) is 32.6 Å². The summed E-state index contributed by atoms with van der Waals surface area (Å²) in [5, 5.41) is 7.39. The minimum atomic E-state index is 0.150. The Balaban J connectivity index is 1.63. The predicted octanol–water partition coefficient (Wildman–Crippen LogP) is 1.55. The molecule has 0 aromatic carbocycles. The van der Waals surface area contributed by atoms with Crippen molar-refractivity contribution < 1.29 is 4.74 Å². The molecular weight excluding hydrogens is 280 g/mol. The maximum atomic E-state index is 5.91. The lowest BCUT2D eigenvalue weighted by atomic mass is 10.1. The highest BCUT2D eigenvalue weighted by molar-refractivity contribution is 6.28. The number of hydrogen-bond acceptors (Lipinski definition) is 6. The molecule has 106 valence electrons. The second kappa shape index (κ2) is 6.15. The molecule has 1 atom stereocenters. The fraction of sp³-hybridized carbons (Fsp3) is 0.500. The molecule has 0 amide bonds. The second-order valence-electron chi connectivity index (χ2n) is 4.62. The van der Waals surface area contributed by atoms with Crippen LogP contribution in [0.5, 0.6) is 0 Å². The highest BCUT2D eigenvalue weighted by Gasteiger charge is 2.15. The molecule has 1 unspecified atom stereocenters. The van der Waals surface area contributed by atoms with Gasteiger partial charge in [-0.2, -0.15) is 20.1 Å². The van der Waals surface area contributed by atoms with E-state index in [-0.39, 0.29) is 5.28 Å². The lowest BCUT2D eigenvalue weighted by molar-refractivity contribution is 0.185. The van der Waals surface area contributed by atoms with E-state index in [2.05, 4.69) is 25.4 Å². The van der Waals surface area contributed by atoms with Gasteiger partial charge >= 0.3 is 0 Å². The minimum absolute atomic E-state index is 0.150. The van der Waals surface area contributed by atoms with Gasteiger partial charge in [-0.1, -0.05) is 0 Å². The van der Waals surface area contributed by atoms with Crippen LogP contribution in [0.3, 0.4) is 0 Å². The number of halogens is 1. The van der Waals surface area contributed by atoms with Crippen LogP contribution in [0.2, 0.25) is 5.28 Å². The Kier molecular flexibility index (Phi) is 4.08. The lowest BCUT2D eigenvalue weighted by Gasteiger charge is -2.09. The fourth-order valence-corrected chi connectivity index (χ4v) is 2.26. The van der Waals surface area contributed by atoms with E-state index in [0.29, 0.717) is 17.8 Å². The van der Waals surface area contributed by atoms with Crippen LogP contribution in [-0.2, 0) is 4.74 Å². The Labute approximate surface area is 121 Å². The number of rotatable bonds is 5. The maximum absolute atomic E-state index is 5.91. The topological polar surface area (TPSA) is 77.8 Å². The largest absolute Gasteiger partial charge is 0.381 e. The van der Waals surface area contributed by atoms with Crippen LogP contribution in [0.1, 0.15) is 12.8 Å². The van der Waals surface area contributed by atoms with Crippen molar-refractivity contribution in [1.29, 1.82) is 0 Å². The zero-order chi connectivity index (χ0) is 13.8. The molecule has 8 heteroatoms. The quantitative estimate of drug-likeness (QED) is 0.901. The molecule has 0 radical (unpaired) electrons. The van der Waals surface area contributed by atoms with E-state index in [1.165, 1.54) is 0 Å². The molecule has 3 rings (SSSR count). The highest BCUT2D eigenvalue weighted by atomic mass is 35.5. The van der Waals surface area contributed by atoms with Gasteiger partial charge in [-0.3, -0.25) is 0 Å². The number of nitrogens with one attached hydrogen (secondary N) is 1. The Morgan fingerprint density at radius 3 is 3.10 bits per heavy atom. The van der Waals surface area contributed by atoms with Crippen molar-refractivity contribution >= 4 is 17.5 Å². The van der Waals surface area contributed by atoms with Gasteiger partial charge in [0, 0.05) is 32.2 Å². The summed E-state index contributed by atoms with van der Waals surface area (Å²) in [6, 6.07) is 1.80. The van der Waals surface area contributed by atoms with Gasteiger partial charge in [-0.15, -0.1) is 0 Å². The van der Waals surface area contributed by atoms with Crippen molar-refractivity contribution in [2.45, 2.75) is 12.8 Å². The SMILES string of the molecule is Clc1nc(NCCC2CCOC2)nc(-n2cccn2)n1. The summed E-state index contributed by atoms with van der Waals surface area (Å²) in [4.78, 5) is 12.4. The zero-order valence-electron chi connectivity index (χ0n) is 10.9. The predicted molar refractivity (Wildman–Crippen MR) is 74.0 cm³/mol. The Bertz CT molecular complexity index is 555. The summed E-state index contributed by atoms with van der Waals surface area (Å²) < 4.78 is 6.89. The van der Waals surface area contributed by atoms with E-state index >= 15 is 0 Å². The van der Waals surface area contributed by atoms with Gasteiger partial charge in [0.2, 0.25) is 11.2 Å². The first kappa shape index (κ1) is 13.3. The van der Waals surface area contributed by atoms with Gasteiger partial charge in [0.25, 0.3) is 5.95 Å². The van der Waals surface area contributed by atoms with Crippen molar-refractivity contribution in [3.63, 3.8) is 0 Å². The van der Waals surface area contributed by atoms with Crippen molar-refractivity contribution in [3.8, 4) is 5.95 Å². The molecule has 2 aromatic heterocycles. The molecular formula is C12H15ClN6O. The first-order valence-electron chi connectivity index (χ1n) is 6.54. The third kappa shape index (κ3) is 3.23. The van der Waals surface area contributed by atoms with Gasteiger partial charge < -0.3 is 10.1 Å². The molecule has 1 aliphatic heterocycles. The van der Waals surface area contributed by atoms with Crippen LogP contribution in [0.4, 0.5) is 5.95 Å². The molecule has 1 N–H and O–H groups in total. The van der Waals surface area contributed by atoms with Gasteiger partial charge in [0.15, 0.2) is 0 Å². The Morgan fingerprint density at radius 2 is 2.35 bits per heavy atom. The summed E-state index contributed by atoms with van der Waals surface area (Å²) in [6.07, 6.45) is 5.56. The van der Waals surface area contributed by atoms with Crippen LogP contribution in [-0.4, -0.2) is 44.5 Å². The van der Waals surface area contributed by atoms with Gasteiger partial charge in [-0.25, -0.2) is 4.68 Å². The van der Waals surface area contributed by atoms with Crippen molar-refractivity contribution in [3.05, 3.63) is 23.7 Å². The maximum Gasteiger partial charge on any atom is 0.256 e. The Morgan fingerprint density at radius 1 is 1.40 bits per heavy atom. The van der Waals surface area contributed by atoms with Crippen LogP contribution < -0.4 is 5.32 Å². The average molecular weight is 295 g/mol. The molecule has 1 fully saturated rings.